The van der Waals surface area contributed by atoms with Gasteiger partial charge in [0.05, 0.1) is 18.6 Å². The molecule has 1 aromatic carbocycles. The van der Waals surface area contributed by atoms with Gasteiger partial charge in [0, 0.05) is 24.4 Å². The van der Waals surface area contributed by atoms with Crippen molar-refractivity contribution in [3.05, 3.63) is 35.4 Å². The molecule has 4 aliphatic rings. The second-order valence-corrected chi connectivity index (χ2v) is 12.2. The number of halogens is 2. The summed E-state index contributed by atoms with van der Waals surface area (Å²) in [6.07, 6.45) is 7.02. The lowest BCUT2D eigenvalue weighted by atomic mass is 9.68. The highest BCUT2D eigenvalue weighted by atomic mass is 35.5. The van der Waals surface area contributed by atoms with E-state index in [0.29, 0.717) is 26.3 Å². The van der Waals surface area contributed by atoms with E-state index in [0.717, 1.165) is 49.7 Å². The summed E-state index contributed by atoms with van der Waals surface area (Å²) in [5.74, 6) is -0.392. The maximum absolute atomic E-state index is 16.7. The number of carbonyl (C=O) groups is 2. The minimum atomic E-state index is -1.32. The third kappa shape index (κ3) is 5.41. The predicted molar refractivity (Wildman–Crippen MR) is 142 cm³/mol. The molecule has 1 N–H and O–H groups in total. The molecule has 1 saturated carbocycles. The number of piperazine rings is 1. The van der Waals surface area contributed by atoms with Crippen LogP contribution in [-0.4, -0.2) is 71.7 Å². The average Bonchev–Trinajstić information content (AvgIpc) is 2.86. The molecule has 1 aliphatic carbocycles. The van der Waals surface area contributed by atoms with Gasteiger partial charge in [-0.15, -0.1) is 11.6 Å². The van der Waals surface area contributed by atoms with Crippen LogP contribution in [0, 0.1) is 18.3 Å². The molecule has 1 aromatic rings. The van der Waals surface area contributed by atoms with Crippen LogP contribution >= 0.6 is 11.6 Å². The van der Waals surface area contributed by atoms with Gasteiger partial charge in [-0.25, -0.2) is 4.39 Å². The number of amides is 2. The van der Waals surface area contributed by atoms with E-state index in [1.54, 1.807) is 4.90 Å². The SMILES string of the molecule is Cc1ccc(CN2C(=O)CN(C3NCC(Cl)C4(CCCCCCCCC4)C3F)C(=O)[C@H]2C2COC2)cc1. The van der Waals surface area contributed by atoms with E-state index >= 15 is 4.39 Å². The first-order valence-corrected chi connectivity index (χ1v) is 14.6. The van der Waals surface area contributed by atoms with Gasteiger partial charge >= 0.3 is 0 Å². The smallest absolute Gasteiger partial charge is 0.247 e. The highest BCUT2D eigenvalue weighted by molar-refractivity contribution is 6.21. The van der Waals surface area contributed by atoms with E-state index in [9.17, 15) is 9.59 Å². The molecule has 8 heteroatoms. The first-order valence-electron chi connectivity index (χ1n) is 14.2. The number of carbonyl (C=O) groups excluding carboxylic acids is 2. The second-order valence-electron chi connectivity index (χ2n) is 11.6. The van der Waals surface area contributed by atoms with Gasteiger partial charge in [-0.2, -0.15) is 0 Å². The molecule has 0 bridgehead atoms. The van der Waals surface area contributed by atoms with Crippen LogP contribution in [0.5, 0.6) is 0 Å². The summed E-state index contributed by atoms with van der Waals surface area (Å²) in [4.78, 5) is 30.8. The Morgan fingerprint density at radius 2 is 1.65 bits per heavy atom. The minimum Gasteiger partial charge on any atom is -0.380 e. The van der Waals surface area contributed by atoms with Gasteiger partial charge in [0.15, 0.2) is 0 Å². The minimum absolute atomic E-state index is 0.0743. The maximum atomic E-state index is 16.7. The van der Waals surface area contributed by atoms with Crippen LogP contribution in [0.3, 0.4) is 0 Å². The Hall–Kier alpha value is -1.70. The Balaban J connectivity index is 1.38. The van der Waals surface area contributed by atoms with Gasteiger partial charge in [0.1, 0.15) is 24.9 Å². The molecule has 204 valence electrons. The number of hydrogen-bond acceptors (Lipinski definition) is 4. The summed E-state index contributed by atoms with van der Waals surface area (Å²) >= 11 is 6.87. The number of hydrogen-bond donors (Lipinski definition) is 1. The van der Waals surface area contributed by atoms with Crippen molar-refractivity contribution in [3.63, 3.8) is 0 Å². The standard InChI is InChI=1S/C29H41ClFN3O3/c1-20-9-11-21(12-10-20)16-33-24(35)17-34(28(36)25(33)22-18-37-19-22)27-26(31)29(23(30)15-32-27)13-7-5-3-2-4-6-8-14-29/h9-12,22-23,25-27,32H,2-8,13-19H2,1H3/t23?,25-,26?,27?/m1/s1. The molecule has 6 nitrogen and oxygen atoms in total. The van der Waals surface area contributed by atoms with Crippen molar-refractivity contribution in [1.29, 1.82) is 0 Å². The van der Waals surface area contributed by atoms with Gasteiger partial charge in [0.2, 0.25) is 11.8 Å². The third-order valence-electron chi connectivity index (χ3n) is 9.16. The van der Waals surface area contributed by atoms with E-state index in [4.69, 9.17) is 16.3 Å². The molecular formula is C29H41ClFN3O3. The fraction of sp³-hybridized carbons (Fsp3) is 0.724. The quantitative estimate of drug-likeness (QED) is 0.576. The largest absolute Gasteiger partial charge is 0.380 e. The van der Waals surface area contributed by atoms with Gasteiger partial charge in [-0.1, -0.05) is 74.8 Å². The summed E-state index contributed by atoms with van der Waals surface area (Å²) in [5.41, 5.74) is 1.45. The first-order chi connectivity index (χ1) is 17.9. The van der Waals surface area contributed by atoms with Crippen molar-refractivity contribution >= 4 is 23.4 Å². The van der Waals surface area contributed by atoms with E-state index in [1.165, 1.54) is 24.2 Å². The van der Waals surface area contributed by atoms with Gasteiger partial charge in [-0.05, 0) is 25.3 Å². The molecule has 2 amide bonds. The number of rotatable bonds is 4. The van der Waals surface area contributed by atoms with Gasteiger partial charge in [0.25, 0.3) is 0 Å². The molecular weight excluding hydrogens is 493 g/mol. The number of piperidine rings is 1. The van der Waals surface area contributed by atoms with Crippen molar-refractivity contribution in [2.24, 2.45) is 11.3 Å². The number of nitrogens with one attached hydrogen (secondary N) is 1. The normalized spacial score (nSPS) is 31.9. The fourth-order valence-electron chi connectivity index (χ4n) is 6.77. The molecule has 3 aliphatic heterocycles. The van der Waals surface area contributed by atoms with Crippen molar-refractivity contribution in [1.82, 2.24) is 15.1 Å². The van der Waals surface area contributed by atoms with Crippen LogP contribution in [0.15, 0.2) is 24.3 Å². The maximum Gasteiger partial charge on any atom is 0.247 e. The lowest BCUT2D eigenvalue weighted by molar-refractivity contribution is -0.175. The highest BCUT2D eigenvalue weighted by Gasteiger charge is 2.56. The molecule has 4 fully saturated rings. The third-order valence-corrected chi connectivity index (χ3v) is 9.75. The zero-order valence-corrected chi connectivity index (χ0v) is 22.7. The van der Waals surface area contributed by atoms with Crippen LogP contribution < -0.4 is 5.32 Å². The molecule has 3 unspecified atom stereocenters. The van der Waals surface area contributed by atoms with Crippen molar-refractivity contribution < 1.29 is 18.7 Å². The number of benzene rings is 1. The molecule has 4 atom stereocenters. The number of aryl methyl sites for hydroxylation is 1. The zero-order valence-electron chi connectivity index (χ0n) is 22.0. The van der Waals surface area contributed by atoms with E-state index in [1.807, 2.05) is 31.2 Å². The average molecular weight is 534 g/mol. The Labute approximate surface area is 225 Å². The van der Waals surface area contributed by atoms with Gasteiger partial charge in [-0.3, -0.25) is 14.9 Å². The van der Waals surface area contributed by atoms with Crippen molar-refractivity contribution in [3.8, 4) is 0 Å². The van der Waals surface area contributed by atoms with Crippen LogP contribution in [0.1, 0.15) is 68.9 Å². The molecule has 0 radical (unpaired) electrons. The summed E-state index contributed by atoms with van der Waals surface area (Å²) in [7, 11) is 0. The first kappa shape index (κ1) is 26.9. The van der Waals surface area contributed by atoms with Crippen LogP contribution in [0.25, 0.3) is 0 Å². The van der Waals surface area contributed by atoms with E-state index in [2.05, 4.69) is 5.32 Å². The summed E-state index contributed by atoms with van der Waals surface area (Å²) < 4.78 is 22.1. The predicted octanol–water partition coefficient (Wildman–Crippen LogP) is 4.57. The van der Waals surface area contributed by atoms with Crippen LogP contribution in [-0.2, 0) is 20.9 Å². The Kier molecular flexibility index (Phi) is 8.42. The summed E-state index contributed by atoms with van der Waals surface area (Å²) in [6, 6.07) is 7.38. The Morgan fingerprint density at radius 3 is 2.24 bits per heavy atom. The molecule has 1 spiro atoms. The topological polar surface area (TPSA) is 61.9 Å². The lowest BCUT2D eigenvalue weighted by Crippen LogP contribution is -2.73. The molecule has 0 aromatic heterocycles. The Morgan fingerprint density at radius 1 is 1.03 bits per heavy atom. The van der Waals surface area contributed by atoms with E-state index in [-0.39, 0.29) is 29.7 Å². The fourth-order valence-corrected chi connectivity index (χ4v) is 7.20. The monoisotopic (exact) mass is 533 g/mol. The van der Waals surface area contributed by atoms with Gasteiger partial charge < -0.3 is 14.5 Å². The molecule has 3 saturated heterocycles. The number of alkyl halides is 2. The van der Waals surface area contributed by atoms with Crippen LogP contribution in [0.2, 0.25) is 0 Å². The highest BCUT2D eigenvalue weighted by Crippen LogP contribution is 2.47. The van der Waals surface area contributed by atoms with Crippen molar-refractivity contribution in [2.75, 3.05) is 26.3 Å². The van der Waals surface area contributed by atoms with Crippen molar-refractivity contribution in [2.45, 2.75) is 95.0 Å². The zero-order chi connectivity index (χ0) is 26.0. The lowest BCUT2D eigenvalue weighted by Gasteiger charge is -2.54. The summed E-state index contributed by atoms with van der Waals surface area (Å²) in [5, 5.41) is 2.91. The molecule has 5 rings (SSSR count). The Bertz CT molecular complexity index is 946. The number of nitrogens with zero attached hydrogens (tertiary/aromatic N) is 2. The molecule has 37 heavy (non-hydrogen) atoms. The van der Waals surface area contributed by atoms with E-state index < -0.39 is 23.8 Å². The second kappa shape index (κ2) is 11.6. The molecule has 3 heterocycles. The summed E-state index contributed by atoms with van der Waals surface area (Å²) in [6.45, 7) is 3.59. The van der Waals surface area contributed by atoms with Crippen LogP contribution in [0.4, 0.5) is 4.39 Å². The number of ether oxygens (including phenoxy) is 1.